The van der Waals surface area contributed by atoms with Crippen LogP contribution < -0.4 is 9.80 Å². The number of rotatable bonds is 5. The lowest BCUT2D eigenvalue weighted by atomic mass is 10.1. The van der Waals surface area contributed by atoms with Crippen molar-refractivity contribution in [3.63, 3.8) is 0 Å². The van der Waals surface area contributed by atoms with E-state index >= 15 is 8.78 Å². The summed E-state index contributed by atoms with van der Waals surface area (Å²) in [5.74, 6) is -1.74. The van der Waals surface area contributed by atoms with Crippen molar-refractivity contribution in [2.24, 2.45) is 0 Å². The molecule has 2 aliphatic rings. The Labute approximate surface area is 196 Å². The summed E-state index contributed by atoms with van der Waals surface area (Å²) in [5.41, 5.74) is -0.955. The van der Waals surface area contributed by atoms with Crippen LogP contribution in [0.3, 0.4) is 0 Å². The second-order valence-corrected chi connectivity index (χ2v) is 8.81. The van der Waals surface area contributed by atoms with Gasteiger partial charge in [0.05, 0.1) is 12.3 Å². The molecule has 10 nitrogen and oxygen atoms in total. The van der Waals surface area contributed by atoms with E-state index in [2.05, 4.69) is 4.74 Å². The van der Waals surface area contributed by atoms with Gasteiger partial charge in [0.15, 0.2) is 11.6 Å². The number of hydrogen-bond acceptors (Lipinski definition) is 8. The number of ether oxygens (including phenoxy) is 4. The Balaban J connectivity index is 1.69. The van der Waals surface area contributed by atoms with Gasteiger partial charge in [0.25, 0.3) is 0 Å². The van der Waals surface area contributed by atoms with Crippen LogP contribution in [0.15, 0.2) is 12.1 Å². The van der Waals surface area contributed by atoms with Crippen LogP contribution in [-0.4, -0.2) is 80.9 Å². The molecule has 188 valence electrons. The van der Waals surface area contributed by atoms with Gasteiger partial charge in [0.1, 0.15) is 30.5 Å². The van der Waals surface area contributed by atoms with Crippen molar-refractivity contribution in [1.29, 1.82) is 0 Å². The zero-order valence-corrected chi connectivity index (χ0v) is 19.6. The molecule has 0 N–H and O–H groups in total. The number of halogens is 2. The predicted octanol–water partition coefficient (Wildman–Crippen LogP) is 3.52. The maximum atomic E-state index is 15.0. The fraction of sp³-hybridized carbons (Fsp3) is 0.591. The topological polar surface area (TPSA) is 97.9 Å². The summed E-state index contributed by atoms with van der Waals surface area (Å²) in [5, 5.41) is 0. The minimum atomic E-state index is -0.917. The molecule has 34 heavy (non-hydrogen) atoms. The average molecular weight is 485 g/mol. The number of benzene rings is 1. The number of cyclic esters (lactones) is 1. The Morgan fingerprint density at radius 1 is 1.09 bits per heavy atom. The van der Waals surface area contributed by atoms with Gasteiger partial charge in [0, 0.05) is 38.3 Å². The lowest BCUT2D eigenvalue weighted by molar-refractivity contribution is 0.0240. The quantitative estimate of drug-likeness (QED) is 0.462. The van der Waals surface area contributed by atoms with Crippen LogP contribution in [0.4, 0.5) is 34.5 Å². The van der Waals surface area contributed by atoms with Crippen molar-refractivity contribution in [2.45, 2.75) is 39.3 Å². The fourth-order valence-corrected chi connectivity index (χ4v) is 3.66. The van der Waals surface area contributed by atoms with E-state index in [-0.39, 0.29) is 57.4 Å². The van der Waals surface area contributed by atoms with Gasteiger partial charge in [-0.3, -0.25) is 4.90 Å². The molecule has 0 aromatic heterocycles. The van der Waals surface area contributed by atoms with Gasteiger partial charge < -0.3 is 28.7 Å². The summed E-state index contributed by atoms with van der Waals surface area (Å²) < 4.78 is 50.0. The van der Waals surface area contributed by atoms with Gasteiger partial charge in [-0.2, -0.15) is 0 Å². The smallest absolute Gasteiger partial charge is 0.447 e. The van der Waals surface area contributed by atoms with E-state index in [0.717, 1.165) is 17.0 Å². The number of amides is 2. The van der Waals surface area contributed by atoms with Gasteiger partial charge in [0.2, 0.25) is 0 Å². The first-order valence-electron chi connectivity index (χ1n) is 11.0. The van der Waals surface area contributed by atoms with Crippen LogP contribution in [0, 0.1) is 11.6 Å². The van der Waals surface area contributed by atoms with E-state index in [1.54, 1.807) is 27.7 Å². The number of carbonyl (C=O) groups excluding carboxylic acids is 3. The van der Waals surface area contributed by atoms with Crippen LogP contribution in [0.1, 0.15) is 27.7 Å². The van der Waals surface area contributed by atoms with Gasteiger partial charge in [-0.25, -0.2) is 23.2 Å². The monoisotopic (exact) mass is 485 g/mol. The molecule has 0 radical (unpaired) electrons. The molecule has 0 unspecified atom stereocenters. The third-order valence-electron chi connectivity index (χ3n) is 5.14. The summed E-state index contributed by atoms with van der Waals surface area (Å²) in [6.07, 6.45) is -2.21. The first kappa shape index (κ1) is 25.3. The highest BCUT2D eigenvalue weighted by Gasteiger charge is 2.37. The van der Waals surface area contributed by atoms with Crippen LogP contribution in [0.5, 0.6) is 0 Å². The average Bonchev–Trinajstić information content (AvgIpc) is 3.11. The number of anilines is 2. The van der Waals surface area contributed by atoms with Gasteiger partial charge in [-0.1, -0.05) is 0 Å². The Bertz CT molecular complexity index is 907. The van der Waals surface area contributed by atoms with Crippen molar-refractivity contribution >= 4 is 29.7 Å². The van der Waals surface area contributed by atoms with Gasteiger partial charge in [-0.05, 0) is 27.7 Å². The number of piperazine rings is 1. The molecule has 2 saturated heterocycles. The van der Waals surface area contributed by atoms with E-state index in [4.69, 9.17) is 14.2 Å². The minimum absolute atomic E-state index is 0.0638. The van der Waals surface area contributed by atoms with E-state index in [0.29, 0.717) is 0 Å². The Morgan fingerprint density at radius 3 is 2.26 bits per heavy atom. The van der Waals surface area contributed by atoms with Crippen molar-refractivity contribution in [3.05, 3.63) is 23.8 Å². The molecule has 0 aliphatic carbocycles. The van der Waals surface area contributed by atoms with Gasteiger partial charge >= 0.3 is 18.3 Å². The Morgan fingerprint density at radius 2 is 1.71 bits per heavy atom. The molecule has 1 atom stereocenters. The Kier molecular flexibility index (Phi) is 7.68. The molecule has 2 heterocycles. The van der Waals surface area contributed by atoms with Gasteiger partial charge in [-0.15, -0.1) is 0 Å². The summed E-state index contributed by atoms with van der Waals surface area (Å²) in [6.45, 7) is 7.52. The van der Waals surface area contributed by atoms with E-state index in [9.17, 15) is 14.4 Å². The molecular formula is C22H29F2N3O7. The van der Waals surface area contributed by atoms with Crippen molar-refractivity contribution in [1.82, 2.24) is 4.90 Å². The van der Waals surface area contributed by atoms with Crippen LogP contribution in [-0.2, 0) is 18.9 Å². The summed E-state index contributed by atoms with van der Waals surface area (Å²) in [4.78, 5) is 39.9. The van der Waals surface area contributed by atoms with Crippen LogP contribution in [0.2, 0.25) is 0 Å². The normalized spacial score (nSPS) is 18.6. The lowest BCUT2D eigenvalue weighted by Gasteiger charge is -2.37. The second-order valence-electron chi connectivity index (χ2n) is 8.81. The highest BCUT2D eigenvalue weighted by atomic mass is 19.1. The molecular weight excluding hydrogens is 456 g/mol. The van der Waals surface area contributed by atoms with E-state index < -0.39 is 41.6 Å². The number of carbonyl (C=O) groups is 3. The second kappa shape index (κ2) is 10.3. The molecule has 3 rings (SSSR count). The zero-order chi connectivity index (χ0) is 25.0. The highest BCUT2D eigenvalue weighted by Crippen LogP contribution is 2.32. The maximum absolute atomic E-state index is 15.0. The minimum Gasteiger partial charge on any atom is -0.447 e. The lowest BCUT2D eigenvalue weighted by Crippen LogP contribution is -2.50. The largest absolute Gasteiger partial charge is 0.508 e. The molecule has 2 aliphatic heterocycles. The summed E-state index contributed by atoms with van der Waals surface area (Å²) in [7, 11) is 0. The third kappa shape index (κ3) is 5.97. The number of hydrogen-bond donors (Lipinski definition) is 0. The molecule has 2 fully saturated rings. The SMILES string of the molecule is CCOC(=O)OC[C@H]1COC(=O)N1c1cc(F)c(N2CCN(C(=O)OC(C)(C)C)CC2)c(F)c1. The van der Waals surface area contributed by atoms with Crippen LogP contribution >= 0.6 is 0 Å². The maximum Gasteiger partial charge on any atom is 0.508 e. The first-order valence-corrected chi connectivity index (χ1v) is 11.0. The van der Waals surface area contributed by atoms with E-state index in [1.807, 2.05) is 0 Å². The van der Waals surface area contributed by atoms with Crippen LogP contribution in [0.25, 0.3) is 0 Å². The third-order valence-corrected chi connectivity index (χ3v) is 5.14. The highest BCUT2D eigenvalue weighted by molar-refractivity contribution is 5.90. The molecule has 1 aromatic carbocycles. The predicted molar refractivity (Wildman–Crippen MR) is 117 cm³/mol. The summed E-state index contributed by atoms with van der Waals surface area (Å²) >= 11 is 0. The molecule has 2 amide bonds. The summed E-state index contributed by atoms with van der Waals surface area (Å²) in [6, 6.07) is 1.30. The molecule has 1 aromatic rings. The number of nitrogens with zero attached hydrogens (tertiary/aromatic N) is 3. The molecule has 0 spiro atoms. The van der Waals surface area contributed by atoms with Crippen molar-refractivity contribution < 1.29 is 42.1 Å². The van der Waals surface area contributed by atoms with Crippen molar-refractivity contribution in [3.8, 4) is 0 Å². The fourth-order valence-electron chi connectivity index (χ4n) is 3.66. The molecule has 0 saturated carbocycles. The zero-order valence-electron chi connectivity index (χ0n) is 19.6. The molecule has 0 bridgehead atoms. The van der Waals surface area contributed by atoms with Crippen molar-refractivity contribution in [2.75, 3.05) is 55.8 Å². The molecule has 12 heteroatoms. The Hall–Kier alpha value is -3.31. The van der Waals surface area contributed by atoms with E-state index in [1.165, 1.54) is 9.80 Å². The first-order chi connectivity index (χ1) is 16.0. The standard InChI is InChI=1S/C22H29F2N3O7/c1-5-31-21(30)33-13-15-12-32-20(29)27(15)14-10-16(23)18(17(24)11-14)25-6-8-26(9-7-25)19(28)34-22(2,3)4/h10-11,15H,5-9,12-13H2,1-4H3/t15-/m1/s1.